The molecular formula is C20H18N2O3. The first-order chi connectivity index (χ1) is 12.3. The predicted octanol–water partition coefficient (Wildman–Crippen LogP) is 3.93. The molecule has 0 unspecified atom stereocenters. The third kappa shape index (κ3) is 3.50. The van der Waals surface area contributed by atoms with E-state index in [9.17, 15) is 4.79 Å². The predicted molar refractivity (Wildman–Crippen MR) is 97.2 cm³/mol. The van der Waals surface area contributed by atoms with Crippen molar-refractivity contribution in [3.63, 3.8) is 0 Å². The van der Waals surface area contributed by atoms with Gasteiger partial charge in [0.15, 0.2) is 11.5 Å². The van der Waals surface area contributed by atoms with E-state index in [0.29, 0.717) is 6.54 Å². The first-order valence-electron chi connectivity index (χ1n) is 8.20. The van der Waals surface area contributed by atoms with Crippen molar-refractivity contribution in [1.29, 1.82) is 0 Å². The quantitative estimate of drug-likeness (QED) is 0.760. The highest BCUT2D eigenvalue weighted by Gasteiger charge is 2.13. The van der Waals surface area contributed by atoms with Crippen LogP contribution in [0, 0.1) is 0 Å². The van der Waals surface area contributed by atoms with Gasteiger partial charge in [0.25, 0.3) is 0 Å². The van der Waals surface area contributed by atoms with E-state index in [1.54, 1.807) is 0 Å². The second kappa shape index (κ2) is 6.73. The topological polar surface area (TPSA) is 59.6 Å². The van der Waals surface area contributed by atoms with Gasteiger partial charge >= 0.3 is 6.03 Å². The molecule has 5 heteroatoms. The van der Waals surface area contributed by atoms with Gasteiger partial charge in [-0.3, -0.25) is 0 Å². The fourth-order valence-corrected chi connectivity index (χ4v) is 2.86. The lowest BCUT2D eigenvalue weighted by Crippen LogP contribution is -2.30. The number of urea groups is 1. The Morgan fingerprint density at radius 2 is 1.76 bits per heavy atom. The maximum atomic E-state index is 12.1. The van der Waals surface area contributed by atoms with Crippen molar-refractivity contribution >= 4 is 22.5 Å². The van der Waals surface area contributed by atoms with Crippen molar-refractivity contribution in [2.24, 2.45) is 0 Å². The minimum atomic E-state index is -0.212. The average Bonchev–Trinajstić information content (AvgIpc) is 3.09. The van der Waals surface area contributed by atoms with Crippen LogP contribution in [0.1, 0.15) is 5.56 Å². The van der Waals surface area contributed by atoms with Crippen LogP contribution in [0.25, 0.3) is 10.8 Å². The summed E-state index contributed by atoms with van der Waals surface area (Å²) in [5.74, 6) is 1.53. The van der Waals surface area contributed by atoms with Gasteiger partial charge in [0, 0.05) is 12.2 Å². The van der Waals surface area contributed by atoms with E-state index in [1.807, 2.05) is 60.7 Å². The van der Waals surface area contributed by atoms with Crippen LogP contribution < -0.4 is 20.1 Å². The summed E-state index contributed by atoms with van der Waals surface area (Å²) >= 11 is 0. The summed E-state index contributed by atoms with van der Waals surface area (Å²) in [4.78, 5) is 12.1. The summed E-state index contributed by atoms with van der Waals surface area (Å²) in [7, 11) is 0. The summed E-state index contributed by atoms with van der Waals surface area (Å²) in [6.45, 7) is 0.810. The Balaban J connectivity index is 1.31. The third-order valence-corrected chi connectivity index (χ3v) is 4.14. The third-order valence-electron chi connectivity index (χ3n) is 4.14. The maximum Gasteiger partial charge on any atom is 0.319 e. The number of amides is 2. The van der Waals surface area contributed by atoms with Crippen LogP contribution >= 0.6 is 0 Å². The van der Waals surface area contributed by atoms with Crippen LogP contribution in [0.15, 0.2) is 60.7 Å². The molecular weight excluding hydrogens is 316 g/mol. The fraction of sp³-hybridized carbons (Fsp3) is 0.150. The molecule has 1 aliphatic rings. The lowest BCUT2D eigenvalue weighted by molar-refractivity contribution is 0.174. The first-order valence-corrected chi connectivity index (χ1v) is 8.20. The Bertz CT molecular complexity index is 924. The number of carbonyl (C=O) groups excluding carboxylic acids is 1. The molecule has 0 aromatic heterocycles. The van der Waals surface area contributed by atoms with Gasteiger partial charge in [0.1, 0.15) is 0 Å². The lowest BCUT2D eigenvalue weighted by Gasteiger charge is -2.09. The molecule has 4 rings (SSSR count). The summed E-state index contributed by atoms with van der Waals surface area (Å²) < 4.78 is 10.6. The zero-order chi connectivity index (χ0) is 17.1. The molecule has 2 N–H and O–H groups in total. The highest BCUT2D eigenvalue weighted by molar-refractivity contribution is 5.93. The minimum Gasteiger partial charge on any atom is -0.454 e. The average molecular weight is 334 g/mol. The number of hydrogen-bond donors (Lipinski definition) is 2. The van der Waals surface area contributed by atoms with Gasteiger partial charge in [-0.25, -0.2) is 4.79 Å². The monoisotopic (exact) mass is 334 g/mol. The highest BCUT2D eigenvalue weighted by Crippen LogP contribution is 2.32. The van der Waals surface area contributed by atoms with E-state index in [-0.39, 0.29) is 12.8 Å². The standard InChI is InChI=1S/C20H18N2O3/c23-20(22-17-7-6-15-3-1-2-4-16(15)12-17)21-10-9-14-5-8-18-19(11-14)25-13-24-18/h1-8,11-12H,9-10,13H2,(H2,21,22,23). The van der Waals surface area contributed by atoms with Crippen molar-refractivity contribution in [2.75, 3.05) is 18.7 Å². The summed E-state index contributed by atoms with van der Waals surface area (Å²) in [6.07, 6.45) is 0.724. The number of carbonyl (C=O) groups is 1. The van der Waals surface area contributed by atoms with E-state index >= 15 is 0 Å². The van der Waals surface area contributed by atoms with Crippen molar-refractivity contribution in [1.82, 2.24) is 5.32 Å². The number of nitrogens with one attached hydrogen (secondary N) is 2. The van der Waals surface area contributed by atoms with E-state index in [2.05, 4.69) is 10.6 Å². The maximum absolute atomic E-state index is 12.1. The van der Waals surface area contributed by atoms with Crippen LogP contribution in [0.2, 0.25) is 0 Å². The molecule has 1 aliphatic heterocycles. The van der Waals surface area contributed by atoms with Gasteiger partial charge < -0.3 is 20.1 Å². The van der Waals surface area contributed by atoms with Crippen molar-refractivity contribution in [2.45, 2.75) is 6.42 Å². The van der Waals surface area contributed by atoms with Crippen LogP contribution in [-0.4, -0.2) is 19.4 Å². The zero-order valence-electron chi connectivity index (χ0n) is 13.6. The van der Waals surface area contributed by atoms with E-state index in [1.165, 1.54) is 0 Å². The van der Waals surface area contributed by atoms with Crippen LogP contribution in [0.5, 0.6) is 11.5 Å². The van der Waals surface area contributed by atoms with Gasteiger partial charge in [0.05, 0.1) is 0 Å². The van der Waals surface area contributed by atoms with Gasteiger partial charge in [-0.05, 0) is 47.0 Å². The molecule has 0 saturated carbocycles. The molecule has 1 heterocycles. The Morgan fingerprint density at radius 1 is 0.920 bits per heavy atom. The highest BCUT2D eigenvalue weighted by atomic mass is 16.7. The van der Waals surface area contributed by atoms with Crippen LogP contribution in [0.3, 0.4) is 0 Å². The molecule has 5 nitrogen and oxygen atoms in total. The molecule has 0 bridgehead atoms. The zero-order valence-corrected chi connectivity index (χ0v) is 13.6. The van der Waals surface area contributed by atoms with Crippen LogP contribution in [-0.2, 0) is 6.42 Å². The van der Waals surface area contributed by atoms with Gasteiger partial charge in [-0.1, -0.05) is 36.4 Å². The first kappa shape index (κ1) is 15.3. The Morgan fingerprint density at radius 3 is 2.68 bits per heavy atom. The molecule has 126 valence electrons. The van der Waals surface area contributed by atoms with Crippen LogP contribution in [0.4, 0.5) is 10.5 Å². The van der Waals surface area contributed by atoms with Gasteiger partial charge in [-0.2, -0.15) is 0 Å². The molecule has 25 heavy (non-hydrogen) atoms. The van der Waals surface area contributed by atoms with E-state index in [4.69, 9.17) is 9.47 Å². The minimum absolute atomic E-state index is 0.212. The molecule has 0 saturated heterocycles. The molecule has 0 radical (unpaired) electrons. The molecule has 0 atom stereocenters. The molecule has 0 aliphatic carbocycles. The fourth-order valence-electron chi connectivity index (χ4n) is 2.86. The summed E-state index contributed by atoms with van der Waals surface area (Å²) in [5, 5.41) is 7.99. The lowest BCUT2D eigenvalue weighted by atomic mass is 10.1. The van der Waals surface area contributed by atoms with Gasteiger partial charge in [-0.15, -0.1) is 0 Å². The Labute approximate surface area is 145 Å². The number of fused-ring (bicyclic) bond motifs is 2. The molecule has 0 fully saturated rings. The molecule has 0 spiro atoms. The summed E-state index contributed by atoms with van der Waals surface area (Å²) in [5.41, 5.74) is 1.87. The van der Waals surface area contributed by atoms with Crippen molar-refractivity contribution in [3.05, 3.63) is 66.2 Å². The Kier molecular flexibility index (Phi) is 4.12. The molecule has 3 aromatic rings. The number of rotatable bonds is 4. The van der Waals surface area contributed by atoms with E-state index < -0.39 is 0 Å². The molecule has 3 aromatic carbocycles. The smallest absolute Gasteiger partial charge is 0.319 e. The van der Waals surface area contributed by atoms with Crippen molar-refractivity contribution < 1.29 is 14.3 Å². The van der Waals surface area contributed by atoms with Gasteiger partial charge in [0.2, 0.25) is 6.79 Å². The number of hydrogen-bond acceptors (Lipinski definition) is 3. The number of ether oxygens (including phenoxy) is 2. The van der Waals surface area contributed by atoms with E-state index in [0.717, 1.165) is 39.9 Å². The normalized spacial score (nSPS) is 12.2. The number of benzene rings is 3. The number of anilines is 1. The summed E-state index contributed by atoms with van der Waals surface area (Å²) in [6, 6.07) is 19.5. The largest absolute Gasteiger partial charge is 0.454 e. The second-order valence-electron chi connectivity index (χ2n) is 5.88. The SMILES string of the molecule is O=C(NCCc1ccc2c(c1)OCO2)Nc1ccc2ccccc2c1. The Hall–Kier alpha value is -3.21. The van der Waals surface area contributed by atoms with Crippen molar-refractivity contribution in [3.8, 4) is 11.5 Å². The molecule has 2 amide bonds. The second-order valence-corrected chi connectivity index (χ2v) is 5.88.